The molecule has 0 aromatic heterocycles. The van der Waals surface area contributed by atoms with Crippen molar-refractivity contribution in [1.82, 2.24) is 10.6 Å². The van der Waals surface area contributed by atoms with Gasteiger partial charge in [-0.2, -0.15) is 0 Å². The Balaban J connectivity index is 1.84. The lowest BCUT2D eigenvalue weighted by Crippen LogP contribution is -2.60. The fraction of sp³-hybridized carbons (Fsp3) is 0.778. The second-order valence-electron chi connectivity index (χ2n) is 3.75. The van der Waals surface area contributed by atoms with E-state index in [1.54, 1.807) is 0 Å². The van der Waals surface area contributed by atoms with Gasteiger partial charge in [0.15, 0.2) is 0 Å². The number of nitrogens with two attached hydrogens (primary N) is 1. The zero-order valence-corrected chi connectivity index (χ0v) is 8.07. The molecule has 5 N–H and O–H groups in total. The molecule has 0 saturated carbocycles. The number of aliphatic hydroxyl groups is 1. The van der Waals surface area contributed by atoms with Gasteiger partial charge in [-0.1, -0.05) is 0 Å². The maximum Gasteiger partial charge on any atom is 0.212 e. The highest BCUT2D eigenvalue weighted by atomic mass is 16.6. The van der Waals surface area contributed by atoms with Crippen LogP contribution in [0.1, 0.15) is 6.42 Å². The topological polar surface area (TPSA) is 79.5 Å². The van der Waals surface area contributed by atoms with Crippen LogP contribution in [-0.4, -0.2) is 43.1 Å². The maximum atomic E-state index is 9.64. The molecule has 0 amide bonds. The maximum absolute atomic E-state index is 9.64. The first kappa shape index (κ1) is 9.92. The van der Waals surface area contributed by atoms with Crippen LogP contribution in [-0.2, 0) is 4.74 Å². The van der Waals surface area contributed by atoms with Crippen LogP contribution in [0.5, 0.6) is 0 Å². The van der Waals surface area contributed by atoms with Crippen molar-refractivity contribution in [3.8, 4) is 0 Å². The first-order chi connectivity index (χ1) is 6.79. The van der Waals surface area contributed by atoms with Crippen molar-refractivity contribution in [3.05, 3.63) is 11.8 Å². The summed E-state index contributed by atoms with van der Waals surface area (Å²) in [5.41, 5.74) is 5.41. The molecule has 0 unspecified atom stereocenters. The van der Waals surface area contributed by atoms with Crippen LogP contribution in [0.25, 0.3) is 0 Å². The van der Waals surface area contributed by atoms with E-state index in [0.717, 1.165) is 19.5 Å². The van der Waals surface area contributed by atoms with Crippen molar-refractivity contribution < 1.29 is 9.84 Å². The van der Waals surface area contributed by atoms with Crippen molar-refractivity contribution in [2.75, 3.05) is 19.6 Å². The van der Waals surface area contributed by atoms with Crippen LogP contribution in [0, 0.1) is 0 Å². The van der Waals surface area contributed by atoms with Gasteiger partial charge in [0, 0.05) is 19.1 Å². The van der Waals surface area contributed by atoms with Gasteiger partial charge in [0.2, 0.25) is 6.29 Å². The molecule has 0 aromatic carbocycles. The fourth-order valence-electron chi connectivity index (χ4n) is 1.65. The summed E-state index contributed by atoms with van der Waals surface area (Å²) >= 11 is 0. The van der Waals surface area contributed by atoms with Gasteiger partial charge in [0.05, 0.1) is 12.6 Å². The molecule has 0 bridgehead atoms. The third-order valence-corrected chi connectivity index (χ3v) is 2.65. The molecule has 5 nitrogen and oxygen atoms in total. The molecule has 14 heavy (non-hydrogen) atoms. The van der Waals surface area contributed by atoms with Gasteiger partial charge >= 0.3 is 0 Å². The minimum Gasteiger partial charge on any atom is -0.467 e. The van der Waals surface area contributed by atoms with E-state index in [0.29, 0.717) is 18.3 Å². The van der Waals surface area contributed by atoms with E-state index in [4.69, 9.17) is 10.5 Å². The SMILES string of the molecule is NCC1=CC[C@@H](NC2CNC2)[C@@H](O)O1. The van der Waals surface area contributed by atoms with Gasteiger partial charge in [-0.05, 0) is 12.5 Å². The van der Waals surface area contributed by atoms with Crippen LogP contribution in [0.2, 0.25) is 0 Å². The summed E-state index contributed by atoms with van der Waals surface area (Å²) < 4.78 is 5.23. The molecule has 1 saturated heterocycles. The summed E-state index contributed by atoms with van der Waals surface area (Å²) in [6, 6.07) is 0.462. The monoisotopic (exact) mass is 199 g/mol. The van der Waals surface area contributed by atoms with Crippen LogP contribution >= 0.6 is 0 Å². The molecular formula is C9H17N3O2. The largest absolute Gasteiger partial charge is 0.467 e. The average molecular weight is 199 g/mol. The Labute approximate surface area is 83.3 Å². The first-order valence-electron chi connectivity index (χ1n) is 5.00. The van der Waals surface area contributed by atoms with Crippen LogP contribution in [0.15, 0.2) is 11.8 Å². The number of hydrogen-bond acceptors (Lipinski definition) is 5. The average Bonchev–Trinajstić information content (AvgIpc) is 2.13. The van der Waals surface area contributed by atoms with Crippen molar-refractivity contribution >= 4 is 0 Å². The highest BCUT2D eigenvalue weighted by Gasteiger charge is 2.28. The van der Waals surface area contributed by atoms with Crippen LogP contribution < -0.4 is 16.4 Å². The van der Waals surface area contributed by atoms with E-state index in [-0.39, 0.29) is 6.04 Å². The van der Waals surface area contributed by atoms with E-state index in [9.17, 15) is 5.11 Å². The summed E-state index contributed by atoms with van der Waals surface area (Å²) in [4.78, 5) is 0. The molecule has 2 heterocycles. The summed E-state index contributed by atoms with van der Waals surface area (Å²) in [5.74, 6) is 0.683. The Morgan fingerprint density at radius 2 is 2.43 bits per heavy atom. The Kier molecular flexibility index (Phi) is 3.02. The minimum atomic E-state index is -0.765. The summed E-state index contributed by atoms with van der Waals surface area (Å²) in [7, 11) is 0. The zero-order valence-electron chi connectivity index (χ0n) is 8.07. The summed E-state index contributed by atoms with van der Waals surface area (Å²) in [5, 5.41) is 16.1. The first-order valence-corrected chi connectivity index (χ1v) is 5.00. The molecule has 1 fully saturated rings. The number of hydrogen-bond donors (Lipinski definition) is 4. The smallest absolute Gasteiger partial charge is 0.212 e. The van der Waals surface area contributed by atoms with E-state index >= 15 is 0 Å². The van der Waals surface area contributed by atoms with E-state index in [1.165, 1.54) is 0 Å². The van der Waals surface area contributed by atoms with Crippen molar-refractivity contribution in [1.29, 1.82) is 0 Å². The Morgan fingerprint density at radius 1 is 1.64 bits per heavy atom. The number of nitrogens with one attached hydrogen (secondary N) is 2. The van der Waals surface area contributed by atoms with Gasteiger partial charge in [-0.25, -0.2) is 0 Å². The molecule has 2 rings (SSSR count). The molecule has 80 valence electrons. The van der Waals surface area contributed by atoms with Crippen molar-refractivity contribution in [2.45, 2.75) is 24.8 Å². The predicted octanol–water partition coefficient (Wildman–Crippen LogP) is -1.50. The standard InChI is InChI=1S/C9H17N3O2/c10-3-7-1-2-8(9(13)14-7)12-6-4-11-5-6/h1,6,8-9,11-13H,2-5,10H2/t8-,9+/m1/s1. The third-order valence-electron chi connectivity index (χ3n) is 2.65. The van der Waals surface area contributed by atoms with E-state index in [2.05, 4.69) is 10.6 Å². The van der Waals surface area contributed by atoms with Gasteiger partial charge in [-0.3, -0.25) is 0 Å². The molecule has 5 heteroatoms. The van der Waals surface area contributed by atoms with Gasteiger partial charge in [0.25, 0.3) is 0 Å². The second kappa shape index (κ2) is 4.27. The number of ether oxygens (including phenoxy) is 1. The van der Waals surface area contributed by atoms with Gasteiger partial charge in [0.1, 0.15) is 5.76 Å². The van der Waals surface area contributed by atoms with Crippen LogP contribution in [0.4, 0.5) is 0 Å². The van der Waals surface area contributed by atoms with Crippen molar-refractivity contribution in [3.63, 3.8) is 0 Å². The van der Waals surface area contributed by atoms with Gasteiger partial charge in [-0.15, -0.1) is 0 Å². The Bertz CT molecular complexity index is 228. The predicted molar refractivity (Wildman–Crippen MR) is 52.4 cm³/mol. The van der Waals surface area contributed by atoms with Gasteiger partial charge < -0.3 is 26.2 Å². The van der Waals surface area contributed by atoms with Crippen molar-refractivity contribution in [2.24, 2.45) is 5.73 Å². The highest BCUT2D eigenvalue weighted by Crippen LogP contribution is 2.15. The second-order valence-corrected chi connectivity index (χ2v) is 3.75. The zero-order chi connectivity index (χ0) is 9.97. The number of aliphatic hydroxyl groups excluding tert-OH is 1. The Morgan fingerprint density at radius 3 is 2.93 bits per heavy atom. The summed E-state index contributed by atoms with van der Waals surface area (Å²) in [6.07, 6.45) is 1.96. The molecular weight excluding hydrogens is 182 g/mol. The fourth-order valence-corrected chi connectivity index (χ4v) is 1.65. The number of rotatable bonds is 3. The van der Waals surface area contributed by atoms with E-state index in [1.807, 2.05) is 6.08 Å². The van der Waals surface area contributed by atoms with E-state index < -0.39 is 6.29 Å². The minimum absolute atomic E-state index is 0.00241. The molecule has 0 radical (unpaired) electrons. The molecule has 0 spiro atoms. The molecule has 0 aromatic rings. The molecule has 0 aliphatic carbocycles. The normalized spacial score (nSPS) is 33.1. The Hall–Kier alpha value is -0.620. The van der Waals surface area contributed by atoms with Crippen LogP contribution in [0.3, 0.4) is 0 Å². The highest BCUT2D eigenvalue weighted by molar-refractivity contribution is 5.03. The lowest BCUT2D eigenvalue weighted by atomic mass is 10.1. The lowest BCUT2D eigenvalue weighted by Gasteiger charge is -2.36. The molecule has 2 atom stereocenters. The quantitative estimate of drug-likeness (QED) is 0.445. The molecule has 2 aliphatic rings. The third kappa shape index (κ3) is 2.06. The summed E-state index contributed by atoms with van der Waals surface area (Å²) in [6.45, 7) is 2.29. The lowest BCUT2D eigenvalue weighted by molar-refractivity contribution is -0.100. The molecule has 2 aliphatic heterocycles.